The number of hydrogen-bond acceptors (Lipinski definition) is 2. The van der Waals surface area contributed by atoms with Crippen LogP contribution in [0.15, 0.2) is 192 Å². The van der Waals surface area contributed by atoms with Gasteiger partial charge in [0, 0.05) is 0 Å². The van der Waals surface area contributed by atoms with Crippen LogP contribution in [0, 0.1) is 0 Å². The van der Waals surface area contributed by atoms with E-state index in [9.17, 15) is 9.59 Å². The zero-order valence-electron chi connectivity index (χ0n) is 26.9. The van der Waals surface area contributed by atoms with Gasteiger partial charge in [-0.25, -0.2) is 9.59 Å². The van der Waals surface area contributed by atoms with Crippen molar-refractivity contribution in [3.63, 3.8) is 0 Å². The fourth-order valence-electron chi connectivity index (χ4n) is 6.91. The Labute approximate surface area is 287 Å². The molecule has 9 rings (SSSR count). The molecule has 0 unspecified atom stereocenters. The van der Waals surface area contributed by atoms with Crippen LogP contribution >= 0.6 is 0 Å². The van der Waals surface area contributed by atoms with Crippen LogP contribution in [0.2, 0.25) is 0 Å². The lowest BCUT2D eigenvalue weighted by molar-refractivity contribution is 0.919. The molecular weight excluding hydrogens is 617 g/mol. The van der Waals surface area contributed by atoms with Crippen molar-refractivity contribution in [3.8, 4) is 45.0 Å². The molecule has 6 heteroatoms. The van der Waals surface area contributed by atoms with Crippen molar-refractivity contribution in [2.24, 2.45) is 0 Å². The first-order valence-electron chi connectivity index (χ1n) is 16.5. The van der Waals surface area contributed by atoms with E-state index in [2.05, 4.69) is 24.3 Å². The molecule has 0 aliphatic carbocycles. The second-order valence-corrected chi connectivity index (χ2v) is 12.2. The molecule has 2 heterocycles. The van der Waals surface area contributed by atoms with Gasteiger partial charge in [-0.1, -0.05) is 109 Å². The molecule has 0 saturated heterocycles. The molecular formula is C44H30N4O2. The molecule has 0 aliphatic heterocycles. The van der Waals surface area contributed by atoms with Crippen LogP contribution in [0.3, 0.4) is 0 Å². The van der Waals surface area contributed by atoms with E-state index in [4.69, 9.17) is 0 Å². The highest BCUT2D eigenvalue weighted by Crippen LogP contribution is 2.27. The minimum atomic E-state index is -0.167. The van der Waals surface area contributed by atoms with Gasteiger partial charge in [0.2, 0.25) is 0 Å². The molecule has 0 aliphatic rings. The predicted molar refractivity (Wildman–Crippen MR) is 202 cm³/mol. The van der Waals surface area contributed by atoms with E-state index in [1.807, 2.05) is 158 Å². The third kappa shape index (κ3) is 4.81. The van der Waals surface area contributed by atoms with Gasteiger partial charge in [-0.15, -0.1) is 0 Å². The lowest BCUT2D eigenvalue weighted by atomic mass is 10.1. The van der Waals surface area contributed by atoms with Crippen LogP contribution in [-0.4, -0.2) is 18.3 Å². The van der Waals surface area contributed by atoms with Crippen LogP contribution in [0.25, 0.3) is 67.1 Å². The summed E-state index contributed by atoms with van der Waals surface area (Å²) >= 11 is 0. The monoisotopic (exact) mass is 646 g/mol. The number of hydrogen-bond donors (Lipinski definition) is 0. The summed E-state index contributed by atoms with van der Waals surface area (Å²) < 4.78 is 6.95. The number of rotatable bonds is 6. The lowest BCUT2D eigenvalue weighted by Gasteiger charge is -2.08. The van der Waals surface area contributed by atoms with Crippen LogP contribution in [0.5, 0.6) is 0 Å². The fourth-order valence-corrected chi connectivity index (χ4v) is 6.91. The maximum Gasteiger partial charge on any atom is 0.338 e. The summed E-state index contributed by atoms with van der Waals surface area (Å²) in [6.07, 6.45) is 0. The fraction of sp³-hybridized carbons (Fsp3) is 0. The van der Waals surface area contributed by atoms with Crippen molar-refractivity contribution in [2.45, 2.75) is 0 Å². The molecule has 0 bridgehead atoms. The topological polar surface area (TPSA) is 53.9 Å². The number of imidazole rings is 2. The minimum Gasteiger partial charge on any atom is -0.260 e. The molecule has 50 heavy (non-hydrogen) atoms. The summed E-state index contributed by atoms with van der Waals surface area (Å²) in [5.74, 6) is 0. The molecule has 238 valence electrons. The highest BCUT2D eigenvalue weighted by atomic mass is 16.2. The Morgan fingerprint density at radius 3 is 0.740 bits per heavy atom. The average Bonchev–Trinajstić information content (AvgIpc) is 3.65. The number of nitrogens with zero attached hydrogens (tertiary/aromatic N) is 4. The Morgan fingerprint density at radius 2 is 0.460 bits per heavy atom. The Morgan fingerprint density at radius 1 is 0.240 bits per heavy atom. The van der Waals surface area contributed by atoms with Crippen molar-refractivity contribution in [1.82, 2.24) is 18.3 Å². The van der Waals surface area contributed by atoms with E-state index in [-0.39, 0.29) is 11.4 Å². The second-order valence-electron chi connectivity index (χ2n) is 12.2. The SMILES string of the molecule is O=c1n(-c2ccc(-c3ccccc3)cc2)c2ccccc2n1-c1ccc(-n2c(=O)n(-c3ccc(-c4ccccc4)cc3)c3ccccc32)cc1. The van der Waals surface area contributed by atoms with Crippen molar-refractivity contribution in [3.05, 3.63) is 203 Å². The highest BCUT2D eigenvalue weighted by Gasteiger charge is 2.18. The van der Waals surface area contributed by atoms with Crippen LogP contribution < -0.4 is 11.4 Å². The summed E-state index contributed by atoms with van der Waals surface area (Å²) in [4.78, 5) is 28.3. The predicted octanol–water partition coefficient (Wildman–Crippen LogP) is 9.21. The molecule has 6 nitrogen and oxygen atoms in total. The molecule has 0 atom stereocenters. The van der Waals surface area contributed by atoms with Crippen molar-refractivity contribution >= 4 is 22.1 Å². The summed E-state index contributed by atoms with van der Waals surface area (Å²) in [7, 11) is 0. The third-order valence-corrected chi connectivity index (χ3v) is 9.32. The lowest BCUT2D eigenvalue weighted by Crippen LogP contribution is -2.23. The smallest absolute Gasteiger partial charge is 0.260 e. The molecule has 0 saturated carbocycles. The first-order chi connectivity index (χ1) is 24.7. The minimum absolute atomic E-state index is 0.167. The molecule has 0 fully saturated rings. The van der Waals surface area contributed by atoms with E-state index < -0.39 is 0 Å². The molecule has 9 aromatic rings. The number of benzene rings is 7. The quantitative estimate of drug-likeness (QED) is 0.181. The maximum absolute atomic E-state index is 14.2. The van der Waals surface area contributed by atoms with Crippen LogP contribution in [0.4, 0.5) is 0 Å². The molecule has 0 amide bonds. The third-order valence-electron chi connectivity index (χ3n) is 9.32. The van der Waals surface area contributed by atoms with Gasteiger partial charge in [-0.3, -0.25) is 18.3 Å². The Kier molecular flexibility index (Phi) is 6.99. The summed E-state index contributed by atoms with van der Waals surface area (Å²) in [5.41, 5.74) is 10.3. The van der Waals surface area contributed by atoms with Gasteiger partial charge in [-0.05, 0) is 95.1 Å². The van der Waals surface area contributed by atoms with Gasteiger partial charge in [0.25, 0.3) is 0 Å². The van der Waals surface area contributed by atoms with Crippen molar-refractivity contribution < 1.29 is 0 Å². The standard InChI is InChI=1S/C44H30N4O2/c49-43-45(35-23-19-33(20-24-35)31-11-3-1-4-12-31)39-15-7-9-17-41(39)47(43)37-27-29-38(30-28-37)48-42-18-10-8-16-40(42)46(44(48)50)36-25-21-34(22-26-36)32-13-5-2-6-14-32/h1-30H. The molecule has 0 spiro atoms. The van der Waals surface area contributed by atoms with E-state index in [0.29, 0.717) is 11.4 Å². The van der Waals surface area contributed by atoms with Gasteiger partial charge in [0.15, 0.2) is 0 Å². The first kappa shape index (κ1) is 29.2. The average molecular weight is 647 g/mol. The molecule has 7 aromatic carbocycles. The van der Waals surface area contributed by atoms with Gasteiger partial charge >= 0.3 is 11.4 Å². The van der Waals surface area contributed by atoms with Gasteiger partial charge in [0.1, 0.15) is 0 Å². The number of aromatic nitrogens is 4. The highest BCUT2D eigenvalue weighted by molar-refractivity contribution is 5.82. The van der Waals surface area contributed by atoms with Gasteiger partial charge < -0.3 is 0 Å². The zero-order chi connectivity index (χ0) is 33.6. The normalized spacial score (nSPS) is 11.4. The van der Waals surface area contributed by atoms with Crippen LogP contribution in [-0.2, 0) is 0 Å². The van der Waals surface area contributed by atoms with E-state index in [1.54, 1.807) is 18.3 Å². The second kappa shape index (κ2) is 12.0. The number of fused-ring (bicyclic) bond motifs is 2. The molecule has 0 radical (unpaired) electrons. The summed E-state index contributed by atoms with van der Waals surface area (Å²) in [6.45, 7) is 0. The maximum atomic E-state index is 14.2. The zero-order valence-corrected chi connectivity index (χ0v) is 26.9. The molecule has 0 N–H and O–H groups in total. The Hall–Kier alpha value is -6.92. The van der Waals surface area contributed by atoms with Crippen LogP contribution in [0.1, 0.15) is 0 Å². The molecule has 2 aromatic heterocycles. The largest absolute Gasteiger partial charge is 0.338 e. The van der Waals surface area contributed by atoms with Gasteiger partial charge in [-0.2, -0.15) is 0 Å². The van der Waals surface area contributed by atoms with Gasteiger partial charge in [0.05, 0.1) is 44.8 Å². The first-order valence-corrected chi connectivity index (χ1v) is 16.5. The summed E-state index contributed by atoms with van der Waals surface area (Å²) in [6, 6.07) is 59.7. The summed E-state index contributed by atoms with van der Waals surface area (Å²) in [5, 5.41) is 0. The Bertz CT molecular complexity index is 2560. The van der Waals surface area contributed by atoms with E-state index in [1.165, 1.54) is 0 Å². The van der Waals surface area contributed by atoms with Crippen molar-refractivity contribution in [1.29, 1.82) is 0 Å². The van der Waals surface area contributed by atoms with E-state index in [0.717, 1.165) is 55.7 Å². The number of para-hydroxylation sites is 4. The van der Waals surface area contributed by atoms with Crippen molar-refractivity contribution in [2.75, 3.05) is 0 Å². The van der Waals surface area contributed by atoms with E-state index >= 15 is 0 Å². The Balaban J connectivity index is 1.11.